The van der Waals surface area contributed by atoms with Gasteiger partial charge in [-0.05, 0) is 63.0 Å². The van der Waals surface area contributed by atoms with Crippen LogP contribution in [-0.4, -0.2) is 57.2 Å². The van der Waals surface area contributed by atoms with Crippen LogP contribution in [0.5, 0.6) is 0 Å². The molecule has 0 aromatic rings. The van der Waals surface area contributed by atoms with Crippen molar-refractivity contribution >= 4 is 17.7 Å². The average Bonchev–Trinajstić information content (AvgIpc) is 2.93. The standard InChI is InChI=1S/C19H32O5S/c1-13-6-3-2-4-7-14-10-15(21)11-16(14)19(23)17(12-18(22)24-13)25-9-5-8-20/h4,7,13-17,19-21,23H,2-3,5-6,8-12H2,1H3/b7-4+/t13-,14+,15-,16+,17+,19-/m0/s1. The minimum absolute atomic E-state index is 0.0381. The third-order valence-corrected chi connectivity index (χ3v) is 6.56. The van der Waals surface area contributed by atoms with E-state index in [-0.39, 0.29) is 42.2 Å². The predicted molar refractivity (Wildman–Crippen MR) is 99.3 cm³/mol. The molecule has 0 spiro atoms. The lowest BCUT2D eigenvalue weighted by Gasteiger charge is -2.29. The van der Waals surface area contributed by atoms with Gasteiger partial charge in [-0.15, -0.1) is 0 Å². The van der Waals surface area contributed by atoms with Gasteiger partial charge in [0.05, 0.1) is 24.7 Å². The summed E-state index contributed by atoms with van der Waals surface area (Å²) in [4.78, 5) is 12.3. The molecule has 2 rings (SSSR count). The van der Waals surface area contributed by atoms with Crippen molar-refractivity contribution in [3.8, 4) is 0 Å². The van der Waals surface area contributed by atoms with Crippen molar-refractivity contribution in [1.82, 2.24) is 0 Å². The van der Waals surface area contributed by atoms with Crippen LogP contribution in [0, 0.1) is 11.8 Å². The Labute approximate surface area is 154 Å². The van der Waals surface area contributed by atoms with E-state index in [0.29, 0.717) is 25.0 Å². The fourth-order valence-electron chi connectivity index (χ4n) is 3.83. The van der Waals surface area contributed by atoms with Crippen LogP contribution in [0.2, 0.25) is 0 Å². The average molecular weight is 373 g/mol. The summed E-state index contributed by atoms with van der Waals surface area (Å²) >= 11 is 1.52. The molecule has 3 N–H and O–H groups in total. The van der Waals surface area contributed by atoms with E-state index < -0.39 is 12.2 Å². The number of esters is 1. The Balaban J connectivity index is 2.14. The predicted octanol–water partition coefficient (Wildman–Crippen LogP) is 2.28. The van der Waals surface area contributed by atoms with Crippen molar-refractivity contribution in [2.45, 2.75) is 75.4 Å². The van der Waals surface area contributed by atoms with E-state index in [1.165, 1.54) is 11.8 Å². The van der Waals surface area contributed by atoms with E-state index in [4.69, 9.17) is 9.84 Å². The van der Waals surface area contributed by atoms with Gasteiger partial charge in [0.2, 0.25) is 0 Å². The molecule has 6 atom stereocenters. The zero-order valence-electron chi connectivity index (χ0n) is 15.0. The Kier molecular flexibility index (Phi) is 8.76. The highest BCUT2D eigenvalue weighted by Crippen LogP contribution is 2.39. The highest BCUT2D eigenvalue weighted by atomic mass is 32.2. The first-order valence-corrected chi connectivity index (χ1v) is 10.5. The molecular formula is C19H32O5S. The number of hydrogen-bond acceptors (Lipinski definition) is 6. The number of carbonyl (C=O) groups is 1. The van der Waals surface area contributed by atoms with Crippen LogP contribution >= 0.6 is 11.8 Å². The SMILES string of the molecule is C[C@H]1CCC/C=C/[C@@H]2C[C@H](O)C[C@H]2[C@H](O)[C@H](SCCCO)CC(=O)O1. The van der Waals surface area contributed by atoms with Crippen molar-refractivity contribution in [3.63, 3.8) is 0 Å². The lowest BCUT2D eigenvalue weighted by molar-refractivity contribution is -0.149. The second-order valence-electron chi connectivity index (χ2n) is 7.29. The Morgan fingerprint density at radius 3 is 2.88 bits per heavy atom. The van der Waals surface area contributed by atoms with E-state index in [0.717, 1.165) is 19.3 Å². The summed E-state index contributed by atoms with van der Waals surface area (Å²) in [5.74, 6) is 0.538. The minimum Gasteiger partial charge on any atom is -0.463 e. The number of ether oxygens (including phenoxy) is 1. The molecule has 0 bridgehead atoms. The highest BCUT2D eigenvalue weighted by molar-refractivity contribution is 7.99. The summed E-state index contributed by atoms with van der Waals surface area (Å²) in [6.07, 6.45) is 7.88. The molecule has 0 aromatic carbocycles. The first-order valence-electron chi connectivity index (χ1n) is 9.46. The van der Waals surface area contributed by atoms with Crippen LogP contribution in [0.15, 0.2) is 12.2 Å². The fourth-order valence-corrected chi connectivity index (χ4v) is 5.08. The monoisotopic (exact) mass is 372 g/mol. The molecular weight excluding hydrogens is 340 g/mol. The van der Waals surface area contributed by atoms with Crippen LogP contribution in [0.4, 0.5) is 0 Å². The Morgan fingerprint density at radius 1 is 1.32 bits per heavy atom. The molecule has 0 radical (unpaired) electrons. The molecule has 144 valence electrons. The second-order valence-corrected chi connectivity index (χ2v) is 8.64. The van der Waals surface area contributed by atoms with Crippen LogP contribution in [0.25, 0.3) is 0 Å². The summed E-state index contributed by atoms with van der Waals surface area (Å²) in [7, 11) is 0. The molecule has 1 heterocycles. The number of rotatable bonds is 4. The maximum absolute atomic E-state index is 12.3. The molecule has 1 saturated carbocycles. The molecule has 0 amide bonds. The normalized spacial score (nSPS) is 38.8. The fraction of sp³-hybridized carbons (Fsp3) is 0.842. The lowest BCUT2D eigenvalue weighted by atomic mass is 9.87. The van der Waals surface area contributed by atoms with Gasteiger partial charge in [0.1, 0.15) is 0 Å². The summed E-state index contributed by atoms with van der Waals surface area (Å²) in [6, 6.07) is 0. The van der Waals surface area contributed by atoms with Gasteiger partial charge in [-0.3, -0.25) is 4.79 Å². The molecule has 25 heavy (non-hydrogen) atoms. The number of aliphatic hydroxyl groups excluding tert-OH is 3. The van der Waals surface area contributed by atoms with Gasteiger partial charge in [0.25, 0.3) is 0 Å². The summed E-state index contributed by atoms with van der Waals surface area (Å²) < 4.78 is 5.50. The van der Waals surface area contributed by atoms with Gasteiger partial charge in [-0.1, -0.05) is 12.2 Å². The van der Waals surface area contributed by atoms with Crippen LogP contribution < -0.4 is 0 Å². The second kappa shape index (κ2) is 10.6. The number of aliphatic hydroxyl groups is 3. The Bertz CT molecular complexity index is 442. The van der Waals surface area contributed by atoms with Crippen molar-refractivity contribution in [2.75, 3.05) is 12.4 Å². The van der Waals surface area contributed by atoms with Gasteiger partial charge in [-0.2, -0.15) is 11.8 Å². The number of allylic oxidation sites excluding steroid dienone is 2. The number of carbonyl (C=O) groups excluding carboxylic acids is 1. The largest absolute Gasteiger partial charge is 0.463 e. The van der Waals surface area contributed by atoms with Crippen LogP contribution in [0.1, 0.15) is 51.9 Å². The first kappa shape index (κ1) is 20.7. The van der Waals surface area contributed by atoms with E-state index >= 15 is 0 Å². The number of fused-ring (bicyclic) bond motifs is 1. The van der Waals surface area contributed by atoms with E-state index in [9.17, 15) is 15.0 Å². The maximum Gasteiger partial charge on any atom is 0.307 e. The molecule has 1 aliphatic heterocycles. The minimum atomic E-state index is -0.667. The van der Waals surface area contributed by atoms with Gasteiger partial charge in [0.15, 0.2) is 0 Å². The van der Waals surface area contributed by atoms with Gasteiger partial charge >= 0.3 is 5.97 Å². The topological polar surface area (TPSA) is 87.0 Å². The van der Waals surface area contributed by atoms with Crippen molar-refractivity contribution in [1.29, 1.82) is 0 Å². The number of cyclic esters (lactones) is 1. The van der Waals surface area contributed by atoms with Crippen LogP contribution in [0.3, 0.4) is 0 Å². The molecule has 2 aliphatic rings. The van der Waals surface area contributed by atoms with E-state index in [1.807, 2.05) is 6.92 Å². The quantitative estimate of drug-likeness (QED) is 0.399. The molecule has 6 heteroatoms. The van der Waals surface area contributed by atoms with E-state index in [1.54, 1.807) is 0 Å². The summed E-state index contributed by atoms with van der Waals surface area (Å²) in [6.45, 7) is 2.02. The lowest BCUT2D eigenvalue weighted by Crippen LogP contribution is -2.36. The van der Waals surface area contributed by atoms with Crippen molar-refractivity contribution in [3.05, 3.63) is 12.2 Å². The van der Waals surface area contributed by atoms with Gasteiger partial charge < -0.3 is 20.1 Å². The van der Waals surface area contributed by atoms with E-state index in [2.05, 4.69) is 12.2 Å². The molecule has 1 fully saturated rings. The molecule has 0 aromatic heterocycles. The van der Waals surface area contributed by atoms with Crippen molar-refractivity contribution < 1.29 is 24.9 Å². The molecule has 1 aliphatic carbocycles. The third kappa shape index (κ3) is 6.59. The maximum atomic E-state index is 12.3. The number of hydrogen-bond donors (Lipinski definition) is 3. The van der Waals surface area contributed by atoms with Gasteiger partial charge in [-0.25, -0.2) is 0 Å². The Morgan fingerprint density at radius 2 is 2.12 bits per heavy atom. The molecule has 0 saturated heterocycles. The first-order chi connectivity index (χ1) is 12.0. The molecule has 0 unspecified atom stereocenters. The zero-order chi connectivity index (χ0) is 18.2. The van der Waals surface area contributed by atoms with Gasteiger partial charge in [0, 0.05) is 11.9 Å². The third-order valence-electron chi connectivity index (χ3n) is 5.16. The molecule has 5 nitrogen and oxygen atoms in total. The smallest absolute Gasteiger partial charge is 0.307 e. The number of thioether (sulfide) groups is 1. The Hall–Kier alpha value is -0.560. The van der Waals surface area contributed by atoms with Crippen LogP contribution in [-0.2, 0) is 9.53 Å². The highest BCUT2D eigenvalue weighted by Gasteiger charge is 2.40. The summed E-state index contributed by atoms with van der Waals surface area (Å²) in [5.41, 5.74) is 0. The summed E-state index contributed by atoms with van der Waals surface area (Å²) in [5, 5.41) is 29.8. The van der Waals surface area contributed by atoms with Crippen molar-refractivity contribution in [2.24, 2.45) is 11.8 Å². The zero-order valence-corrected chi connectivity index (χ0v) is 15.9.